The van der Waals surface area contributed by atoms with Gasteiger partial charge in [-0.05, 0) is 47.9 Å². The van der Waals surface area contributed by atoms with Gasteiger partial charge in [0, 0.05) is 20.8 Å². The molecular formula is C23H28Br2O. The smallest absolute Gasteiger partial charge is 0.147 e. The molecule has 0 fully saturated rings. The first-order valence-corrected chi connectivity index (χ1v) is 10.9. The van der Waals surface area contributed by atoms with E-state index in [9.17, 15) is 4.79 Å². The zero-order valence-corrected chi connectivity index (χ0v) is 19.2. The van der Waals surface area contributed by atoms with Crippen LogP contribution in [-0.4, -0.2) is 5.78 Å². The molecule has 0 saturated heterocycles. The van der Waals surface area contributed by atoms with Crippen molar-refractivity contribution in [2.75, 3.05) is 0 Å². The fourth-order valence-electron chi connectivity index (χ4n) is 3.49. The molecule has 0 aliphatic carbocycles. The molecule has 0 aromatic heterocycles. The van der Waals surface area contributed by atoms with E-state index >= 15 is 0 Å². The largest absolute Gasteiger partial charge is 0.298 e. The molecule has 1 nitrogen and oxygen atoms in total. The lowest BCUT2D eigenvalue weighted by Crippen LogP contribution is -2.24. The van der Waals surface area contributed by atoms with Crippen LogP contribution in [0.4, 0.5) is 0 Å². The van der Waals surface area contributed by atoms with Crippen LogP contribution in [0, 0.1) is 11.8 Å². The highest BCUT2D eigenvalue weighted by Crippen LogP contribution is 2.39. The monoisotopic (exact) mass is 478 g/mol. The molecule has 0 aliphatic heterocycles. The van der Waals surface area contributed by atoms with Crippen LogP contribution >= 0.6 is 31.9 Å². The van der Waals surface area contributed by atoms with Gasteiger partial charge in [-0.15, -0.1) is 0 Å². The van der Waals surface area contributed by atoms with Crippen LogP contribution < -0.4 is 0 Å². The molecule has 0 heterocycles. The van der Waals surface area contributed by atoms with Crippen molar-refractivity contribution in [2.45, 2.75) is 52.4 Å². The zero-order valence-electron chi connectivity index (χ0n) is 16.0. The molecule has 0 saturated carbocycles. The molecule has 140 valence electrons. The average molecular weight is 480 g/mol. The summed E-state index contributed by atoms with van der Waals surface area (Å²) in [4.78, 5) is 13.8. The fraction of sp³-hybridized carbons (Fsp3) is 0.435. The van der Waals surface area contributed by atoms with Gasteiger partial charge in [0.05, 0.1) is 0 Å². The molecule has 0 N–H and O–H groups in total. The Morgan fingerprint density at radius 3 is 1.38 bits per heavy atom. The first-order chi connectivity index (χ1) is 12.3. The maximum atomic E-state index is 13.8. The van der Waals surface area contributed by atoms with E-state index in [2.05, 4.69) is 71.7 Å². The lowest BCUT2D eigenvalue weighted by molar-refractivity contribution is -0.122. The van der Waals surface area contributed by atoms with Gasteiger partial charge in [0.15, 0.2) is 0 Å². The minimum atomic E-state index is -0.0959. The summed E-state index contributed by atoms with van der Waals surface area (Å²) >= 11 is 7.33. The summed E-state index contributed by atoms with van der Waals surface area (Å²) in [6.07, 6.45) is 1.72. The lowest BCUT2D eigenvalue weighted by Gasteiger charge is -2.27. The van der Waals surface area contributed by atoms with Crippen molar-refractivity contribution in [3.05, 3.63) is 68.6 Å². The van der Waals surface area contributed by atoms with Crippen LogP contribution in [0.3, 0.4) is 0 Å². The summed E-state index contributed by atoms with van der Waals surface area (Å²) in [7, 11) is 0. The molecule has 2 atom stereocenters. The second-order valence-corrected chi connectivity index (χ2v) is 9.52. The third-order valence-corrected chi connectivity index (χ3v) is 6.11. The highest BCUT2D eigenvalue weighted by atomic mass is 79.9. The summed E-state index contributed by atoms with van der Waals surface area (Å²) < 4.78 is 2.05. The van der Waals surface area contributed by atoms with Gasteiger partial charge in [0.25, 0.3) is 0 Å². The van der Waals surface area contributed by atoms with Crippen molar-refractivity contribution in [1.29, 1.82) is 0 Å². The van der Waals surface area contributed by atoms with E-state index in [0.29, 0.717) is 17.6 Å². The van der Waals surface area contributed by atoms with Crippen molar-refractivity contribution in [1.82, 2.24) is 0 Å². The van der Waals surface area contributed by atoms with E-state index in [-0.39, 0.29) is 11.8 Å². The van der Waals surface area contributed by atoms with Crippen molar-refractivity contribution >= 4 is 37.6 Å². The maximum absolute atomic E-state index is 13.8. The van der Waals surface area contributed by atoms with Crippen LogP contribution in [0.1, 0.15) is 63.5 Å². The van der Waals surface area contributed by atoms with Crippen molar-refractivity contribution in [2.24, 2.45) is 11.8 Å². The number of carbonyl (C=O) groups is 1. The van der Waals surface area contributed by atoms with Gasteiger partial charge in [-0.25, -0.2) is 0 Å². The third-order valence-electron chi connectivity index (χ3n) is 4.66. The molecule has 0 bridgehead atoms. The quantitative estimate of drug-likeness (QED) is 0.378. The normalized spacial score (nSPS) is 13.8. The Bertz CT molecular complexity index is 675. The predicted molar refractivity (Wildman–Crippen MR) is 118 cm³/mol. The first kappa shape index (κ1) is 21.4. The summed E-state index contributed by atoms with van der Waals surface area (Å²) in [6.45, 7) is 8.75. The van der Waals surface area contributed by atoms with E-state index in [0.717, 1.165) is 32.9 Å². The van der Waals surface area contributed by atoms with Crippen LogP contribution in [0.2, 0.25) is 0 Å². The van der Waals surface area contributed by atoms with E-state index < -0.39 is 0 Å². The molecule has 0 aliphatic rings. The SMILES string of the molecule is CC(C)CC(C(=O)C(CC(C)C)c1ccccc1Br)c1ccccc1Br. The summed E-state index contributed by atoms with van der Waals surface area (Å²) in [6, 6.07) is 16.3. The van der Waals surface area contributed by atoms with Crippen LogP contribution in [0.15, 0.2) is 57.5 Å². The number of hydrogen-bond donors (Lipinski definition) is 0. The zero-order chi connectivity index (χ0) is 19.3. The van der Waals surface area contributed by atoms with Gasteiger partial charge >= 0.3 is 0 Å². The standard InChI is InChI=1S/C23H28Br2O/c1-15(2)13-19(17-9-5-7-11-21(17)24)23(26)20(14-16(3)4)18-10-6-8-12-22(18)25/h5-12,15-16,19-20H,13-14H2,1-4H3. The number of ketones is 1. The lowest BCUT2D eigenvalue weighted by atomic mass is 9.77. The highest BCUT2D eigenvalue weighted by Gasteiger charge is 2.32. The number of carbonyl (C=O) groups excluding carboxylic acids is 1. The predicted octanol–water partition coefficient (Wildman–Crippen LogP) is 7.74. The van der Waals surface area contributed by atoms with Gasteiger partial charge in [-0.3, -0.25) is 4.79 Å². The molecule has 0 radical (unpaired) electrons. The molecule has 0 amide bonds. The summed E-state index contributed by atoms with van der Waals surface area (Å²) in [5.74, 6) is 1.04. The molecular weight excluding hydrogens is 452 g/mol. The van der Waals surface area contributed by atoms with Crippen LogP contribution in [0.5, 0.6) is 0 Å². The Labute approximate surface area is 174 Å². The van der Waals surface area contributed by atoms with Crippen LogP contribution in [0.25, 0.3) is 0 Å². The second kappa shape index (κ2) is 9.85. The molecule has 2 aromatic rings. The molecule has 2 aromatic carbocycles. The van der Waals surface area contributed by atoms with Gasteiger partial charge in [0.1, 0.15) is 5.78 Å². The Balaban J connectivity index is 2.48. The number of hydrogen-bond acceptors (Lipinski definition) is 1. The topological polar surface area (TPSA) is 17.1 Å². The average Bonchev–Trinajstić information content (AvgIpc) is 2.58. The molecule has 0 spiro atoms. The Kier molecular flexibility index (Phi) is 8.09. The fourth-order valence-corrected chi connectivity index (χ4v) is 4.62. The van der Waals surface area contributed by atoms with Crippen molar-refractivity contribution < 1.29 is 4.79 Å². The maximum Gasteiger partial charge on any atom is 0.147 e. The second-order valence-electron chi connectivity index (χ2n) is 7.81. The Morgan fingerprint density at radius 2 is 1.08 bits per heavy atom. The number of Topliss-reactive ketones (excluding diaryl/α,β-unsaturated/α-hetero) is 1. The summed E-state index contributed by atoms with van der Waals surface area (Å²) in [5, 5.41) is 0. The van der Waals surface area contributed by atoms with E-state index in [4.69, 9.17) is 0 Å². The minimum absolute atomic E-state index is 0.0959. The van der Waals surface area contributed by atoms with E-state index in [1.165, 1.54) is 0 Å². The number of halogens is 2. The molecule has 2 rings (SSSR count). The third kappa shape index (κ3) is 5.53. The van der Waals surface area contributed by atoms with Gasteiger partial charge in [-0.1, -0.05) is 96.0 Å². The van der Waals surface area contributed by atoms with Gasteiger partial charge in [0.2, 0.25) is 0 Å². The number of rotatable bonds is 8. The van der Waals surface area contributed by atoms with Crippen molar-refractivity contribution in [3.63, 3.8) is 0 Å². The Hall–Kier alpha value is -0.930. The van der Waals surface area contributed by atoms with Crippen molar-refractivity contribution in [3.8, 4) is 0 Å². The minimum Gasteiger partial charge on any atom is -0.298 e. The number of benzene rings is 2. The van der Waals surface area contributed by atoms with E-state index in [1.54, 1.807) is 0 Å². The summed E-state index contributed by atoms with van der Waals surface area (Å²) in [5.41, 5.74) is 2.21. The highest BCUT2D eigenvalue weighted by molar-refractivity contribution is 9.10. The van der Waals surface area contributed by atoms with Gasteiger partial charge in [-0.2, -0.15) is 0 Å². The first-order valence-electron chi connectivity index (χ1n) is 9.33. The van der Waals surface area contributed by atoms with Gasteiger partial charge < -0.3 is 0 Å². The molecule has 3 heteroatoms. The molecule has 26 heavy (non-hydrogen) atoms. The van der Waals surface area contributed by atoms with E-state index in [1.807, 2.05) is 36.4 Å². The Morgan fingerprint density at radius 1 is 0.731 bits per heavy atom. The molecule has 2 unspecified atom stereocenters. The van der Waals surface area contributed by atoms with Crippen LogP contribution in [-0.2, 0) is 4.79 Å².